The number of hydrogen-bond donors (Lipinski definition) is 1. The van der Waals surface area contributed by atoms with Gasteiger partial charge in [0, 0.05) is 10.2 Å². The average Bonchev–Trinajstić information content (AvgIpc) is 2.00. The van der Waals surface area contributed by atoms with E-state index in [0.29, 0.717) is 5.92 Å². The second-order valence-corrected chi connectivity index (χ2v) is 4.18. The van der Waals surface area contributed by atoms with Crippen LogP contribution >= 0.6 is 15.9 Å². The summed E-state index contributed by atoms with van der Waals surface area (Å²) in [6.07, 6.45) is 0. The predicted molar refractivity (Wildman–Crippen MR) is 57.4 cm³/mol. The van der Waals surface area contributed by atoms with Crippen LogP contribution in [0.15, 0.2) is 16.6 Å². The minimum atomic E-state index is 0.542. The molecule has 0 heterocycles. The lowest BCUT2D eigenvalue weighted by atomic mass is 9.97. The van der Waals surface area contributed by atoms with Crippen LogP contribution in [0.25, 0.3) is 0 Å². The third-order valence-electron chi connectivity index (χ3n) is 2.13. The molecular formula is C10H14BrN. The quantitative estimate of drug-likeness (QED) is 0.732. The zero-order chi connectivity index (χ0) is 9.30. The fourth-order valence-corrected chi connectivity index (χ4v) is 1.77. The molecule has 0 spiro atoms. The Labute approximate surface area is 82.1 Å². The molecule has 2 N–H and O–H groups in total. The van der Waals surface area contributed by atoms with Crippen molar-refractivity contribution in [1.82, 2.24) is 0 Å². The maximum Gasteiger partial charge on any atom is 0.0491 e. The molecule has 12 heavy (non-hydrogen) atoms. The number of nitrogen functional groups attached to an aromatic ring is 1. The van der Waals surface area contributed by atoms with Crippen LogP contribution in [0.4, 0.5) is 5.69 Å². The second-order valence-electron chi connectivity index (χ2n) is 3.33. The molecule has 0 aromatic heterocycles. The molecule has 0 aliphatic rings. The standard InChI is InChI=1S/C10H14BrN/c1-6(2)8-4-5-9(11)10(12)7(8)3/h4-6H,12H2,1-3H3. The van der Waals surface area contributed by atoms with Crippen LogP contribution < -0.4 is 5.73 Å². The summed E-state index contributed by atoms with van der Waals surface area (Å²) in [5.74, 6) is 0.542. The van der Waals surface area contributed by atoms with Crippen LogP contribution in [0, 0.1) is 6.92 Å². The van der Waals surface area contributed by atoms with E-state index < -0.39 is 0 Å². The van der Waals surface area contributed by atoms with Crippen LogP contribution in [-0.2, 0) is 0 Å². The fourth-order valence-electron chi connectivity index (χ4n) is 1.34. The molecular weight excluding hydrogens is 214 g/mol. The smallest absolute Gasteiger partial charge is 0.0491 e. The van der Waals surface area contributed by atoms with Gasteiger partial charge in [-0.05, 0) is 46.0 Å². The average molecular weight is 228 g/mol. The Bertz CT molecular complexity index is 292. The van der Waals surface area contributed by atoms with E-state index in [-0.39, 0.29) is 0 Å². The first-order valence-electron chi connectivity index (χ1n) is 4.08. The Morgan fingerprint density at radius 1 is 1.33 bits per heavy atom. The number of anilines is 1. The molecule has 1 aromatic carbocycles. The molecule has 0 aliphatic heterocycles. The van der Waals surface area contributed by atoms with Crippen molar-refractivity contribution in [3.63, 3.8) is 0 Å². The molecule has 0 aliphatic carbocycles. The van der Waals surface area contributed by atoms with Gasteiger partial charge in [0.05, 0.1) is 0 Å². The lowest BCUT2D eigenvalue weighted by Crippen LogP contribution is -1.98. The summed E-state index contributed by atoms with van der Waals surface area (Å²) >= 11 is 3.40. The third kappa shape index (κ3) is 1.63. The summed E-state index contributed by atoms with van der Waals surface area (Å²) in [5, 5.41) is 0. The van der Waals surface area contributed by atoms with Crippen molar-refractivity contribution in [2.24, 2.45) is 0 Å². The van der Waals surface area contributed by atoms with E-state index in [1.54, 1.807) is 0 Å². The largest absolute Gasteiger partial charge is 0.398 e. The van der Waals surface area contributed by atoms with E-state index in [0.717, 1.165) is 10.2 Å². The first kappa shape index (κ1) is 9.59. The molecule has 0 saturated heterocycles. The Morgan fingerprint density at radius 3 is 2.42 bits per heavy atom. The van der Waals surface area contributed by atoms with Crippen molar-refractivity contribution in [2.75, 3.05) is 5.73 Å². The molecule has 0 radical (unpaired) electrons. The molecule has 0 amide bonds. The van der Waals surface area contributed by atoms with Gasteiger partial charge < -0.3 is 5.73 Å². The molecule has 0 saturated carbocycles. The van der Waals surface area contributed by atoms with Crippen LogP contribution in [0.5, 0.6) is 0 Å². The summed E-state index contributed by atoms with van der Waals surface area (Å²) in [6.45, 7) is 6.42. The molecule has 1 aromatic rings. The van der Waals surface area contributed by atoms with Gasteiger partial charge in [-0.2, -0.15) is 0 Å². The van der Waals surface area contributed by atoms with Gasteiger partial charge in [0.15, 0.2) is 0 Å². The van der Waals surface area contributed by atoms with Gasteiger partial charge in [-0.15, -0.1) is 0 Å². The van der Waals surface area contributed by atoms with Gasteiger partial charge in [0.1, 0.15) is 0 Å². The van der Waals surface area contributed by atoms with Crippen LogP contribution in [-0.4, -0.2) is 0 Å². The number of halogens is 1. The van der Waals surface area contributed by atoms with E-state index in [1.807, 2.05) is 6.07 Å². The van der Waals surface area contributed by atoms with E-state index in [1.165, 1.54) is 11.1 Å². The van der Waals surface area contributed by atoms with Crippen molar-refractivity contribution in [1.29, 1.82) is 0 Å². The highest BCUT2D eigenvalue weighted by Gasteiger charge is 2.07. The van der Waals surface area contributed by atoms with E-state index in [4.69, 9.17) is 5.73 Å². The van der Waals surface area contributed by atoms with Crippen molar-refractivity contribution in [2.45, 2.75) is 26.7 Å². The summed E-state index contributed by atoms with van der Waals surface area (Å²) in [7, 11) is 0. The zero-order valence-corrected chi connectivity index (χ0v) is 9.27. The highest BCUT2D eigenvalue weighted by atomic mass is 79.9. The molecule has 2 heteroatoms. The zero-order valence-electron chi connectivity index (χ0n) is 7.69. The minimum absolute atomic E-state index is 0.542. The summed E-state index contributed by atoms with van der Waals surface area (Å²) in [5.41, 5.74) is 9.26. The Hall–Kier alpha value is -0.500. The Balaban J connectivity index is 3.27. The van der Waals surface area contributed by atoms with Gasteiger partial charge in [0.25, 0.3) is 0 Å². The summed E-state index contributed by atoms with van der Waals surface area (Å²) in [4.78, 5) is 0. The van der Waals surface area contributed by atoms with Crippen LogP contribution in [0.2, 0.25) is 0 Å². The summed E-state index contributed by atoms with van der Waals surface area (Å²) in [6, 6.07) is 4.14. The Morgan fingerprint density at radius 2 is 1.92 bits per heavy atom. The lowest BCUT2D eigenvalue weighted by Gasteiger charge is -2.12. The third-order valence-corrected chi connectivity index (χ3v) is 2.82. The van der Waals surface area contributed by atoms with Crippen molar-refractivity contribution >= 4 is 21.6 Å². The molecule has 1 rings (SSSR count). The highest BCUT2D eigenvalue weighted by Crippen LogP contribution is 2.29. The van der Waals surface area contributed by atoms with Gasteiger partial charge >= 0.3 is 0 Å². The van der Waals surface area contributed by atoms with Gasteiger partial charge in [0.2, 0.25) is 0 Å². The number of nitrogens with two attached hydrogens (primary N) is 1. The lowest BCUT2D eigenvalue weighted by molar-refractivity contribution is 0.857. The topological polar surface area (TPSA) is 26.0 Å². The number of benzene rings is 1. The molecule has 0 bridgehead atoms. The van der Waals surface area contributed by atoms with Crippen LogP contribution in [0.1, 0.15) is 30.9 Å². The van der Waals surface area contributed by atoms with Crippen molar-refractivity contribution in [3.05, 3.63) is 27.7 Å². The Kier molecular flexibility index (Phi) is 2.78. The van der Waals surface area contributed by atoms with Gasteiger partial charge in [-0.1, -0.05) is 19.9 Å². The maximum absolute atomic E-state index is 5.87. The number of hydrogen-bond acceptors (Lipinski definition) is 1. The molecule has 66 valence electrons. The van der Waals surface area contributed by atoms with E-state index in [9.17, 15) is 0 Å². The molecule has 0 unspecified atom stereocenters. The summed E-state index contributed by atoms with van der Waals surface area (Å²) < 4.78 is 0.990. The second kappa shape index (κ2) is 3.48. The fraction of sp³-hybridized carbons (Fsp3) is 0.400. The SMILES string of the molecule is Cc1c(C(C)C)ccc(Br)c1N. The van der Waals surface area contributed by atoms with Crippen molar-refractivity contribution in [3.8, 4) is 0 Å². The van der Waals surface area contributed by atoms with Crippen LogP contribution in [0.3, 0.4) is 0 Å². The highest BCUT2D eigenvalue weighted by molar-refractivity contribution is 9.10. The first-order chi connectivity index (χ1) is 5.54. The molecule has 1 nitrogen and oxygen atoms in total. The maximum atomic E-state index is 5.87. The predicted octanol–water partition coefficient (Wildman–Crippen LogP) is 3.46. The van der Waals surface area contributed by atoms with Gasteiger partial charge in [-0.3, -0.25) is 0 Å². The molecule has 0 atom stereocenters. The van der Waals surface area contributed by atoms with Gasteiger partial charge in [-0.25, -0.2) is 0 Å². The monoisotopic (exact) mass is 227 g/mol. The number of rotatable bonds is 1. The van der Waals surface area contributed by atoms with E-state index >= 15 is 0 Å². The van der Waals surface area contributed by atoms with E-state index in [2.05, 4.69) is 42.8 Å². The first-order valence-corrected chi connectivity index (χ1v) is 4.87. The molecule has 0 fully saturated rings. The normalized spacial score (nSPS) is 10.8. The van der Waals surface area contributed by atoms with Crippen molar-refractivity contribution < 1.29 is 0 Å². The minimum Gasteiger partial charge on any atom is -0.398 e.